The summed E-state index contributed by atoms with van der Waals surface area (Å²) in [4.78, 5) is 18.9. The number of hydrogen-bond acceptors (Lipinski definition) is 4. The van der Waals surface area contributed by atoms with Crippen molar-refractivity contribution in [3.05, 3.63) is 46.8 Å². The maximum absolute atomic E-state index is 15.0. The number of carboxylic acid groups (broad SMARTS) is 1. The van der Waals surface area contributed by atoms with Crippen molar-refractivity contribution in [2.45, 2.75) is 73.0 Å². The van der Waals surface area contributed by atoms with Crippen LogP contribution in [0, 0.1) is 30.9 Å². The van der Waals surface area contributed by atoms with E-state index in [9.17, 15) is 14.3 Å². The Hall–Kier alpha value is -2.54. The predicted octanol–water partition coefficient (Wildman–Crippen LogP) is 6.21. The normalized spacial score (nSPS) is 17.2. The highest BCUT2D eigenvalue weighted by molar-refractivity contribution is 5.86. The molecule has 0 aliphatic carbocycles. The standard InChI is InChI=1S/C26H34F2N2O3/c1-15-12-17(21(28)19(27)13-15)18-14-29-16(2)20(23(24(31)32)33-25(3,4)5)22(18)30-10-8-26(6,7)9-11-30/h12-14,23H,8-11H2,1-7H3,(H,31,32). The number of piperidine rings is 1. The monoisotopic (exact) mass is 460 g/mol. The molecule has 1 unspecified atom stereocenters. The molecule has 2 heterocycles. The van der Waals surface area contributed by atoms with Gasteiger partial charge in [-0.3, -0.25) is 4.98 Å². The molecule has 1 atom stereocenters. The number of rotatable bonds is 5. The molecule has 0 saturated carbocycles. The number of aryl methyl sites for hydroxylation is 2. The van der Waals surface area contributed by atoms with E-state index in [2.05, 4.69) is 23.7 Å². The molecule has 1 aromatic carbocycles. The molecule has 1 fully saturated rings. The van der Waals surface area contributed by atoms with Crippen molar-refractivity contribution in [1.29, 1.82) is 0 Å². The molecule has 0 amide bonds. The summed E-state index contributed by atoms with van der Waals surface area (Å²) in [6.45, 7) is 14.5. The molecule has 1 N–H and O–H groups in total. The summed E-state index contributed by atoms with van der Waals surface area (Å²) < 4.78 is 35.4. The Bertz CT molecular complexity index is 1050. The number of ether oxygens (including phenoxy) is 1. The molecule has 1 aromatic heterocycles. The lowest BCUT2D eigenvalue weighted by atomic mass is 9.82. The number of aliphatic carboxylic acids is 1. The number of carboxylic acids is 1. The molecule has 0 radical (unpaired) electrons. The van der Waals surface area contributed by atoms with Crippen molar-refractivity contribution in [3.8, 4) is 11.1 Å². The third-order valence-corrected chi connectivity index (χ3v) is 6.14. The summed E-state index contributed by atoms with van der Waals surface area (Å²) in [5, 5.41) is 10.1. The third-order valence-electron chi connectivity index (χ3n) is 6.14. The van der Waals surface area contributed by atoms with E-state index in [1.54, 1.807) is 40.7 Å². The second-order valence-electron chi connectivity index (χ2n) is 10.7. The Labute approximate surface area is 194 Å². The SMILES string of the molecule is Cc1cc(F)c(F)c(-c2cnc(C)c(C(OC(C)(C)C)C(=O)O)c2N2CCC(C)(C)CC2)c1. The number of pyridine rings is 1. The number of aromatic nitrogens is 1. The summed E-state index contributed by atoms with van der Waals surface area (Å²) in [6, 6.07) is 2.72. The van der Waals surface area contributed by atoms with Crippen molar-refractivity contribution in [2.75, 3.05) is 18.0 Å². The largest absolute Gasteiger partial charge is 0.479 e. The zero-order valence-electron chi connectivity index (χ0n) is 20.6. The molecule has 7 heteroatoms. The third kappa shape index (κ3) is 5.52. The summed E-state index contributed by atoms with van der Waals surface area (Å²) in [6.07, 6.45) is 1.98. The Balaban J connectivity index is 2.31. The van der Waals surface area contributed by atoms with Gasteiger partial charge in [-0.15, -0.1) is 0 Å². The molecule has 1 aliphatic rings. The van der Waals surface area contributed by atoms with Crippen LogP contribution in [-0.2, 0) is 9.53 Å². The van der Waals surface area contributed by atoms with Gasteiger partial charge in [-0.1, -0.05) is 13.8 Å². The van der Waals surface area contributed by atoms with Crippen molar-refractivity contribution < 1.29 is 23.4 Å². The van der Waals surface area contributed by atoms with Gasteiger partial charge >= 0.3 is 5.97 Å². The van der Waals surface area contributed by atoms with Gasteiger partial charge in [0, 0.05) is 41.7 Å². The lowest BCUT2D eigenvalue weighted by molar-refractivity contribution is -0.160. The first-order valence-corrected chi connectivity index (χ1v) is 11.3. The first-order valence-electron chi connectivity index (χ1n) is 11.3. The van der Waals surface area contributed by atoms with E-state index >= 15 is 4.39 Å². The van der Waals surface area contributed by atoms with Crippen LogP contribution in [0.15, 0.2) is 18.3 Å². The average Bonchev–Trinajstić information content (AvgIpc) is 2.68. The van der Waals surface area contributed by atoms with Crippen LogP contribution < -0.4 is 4.90 Å². The fraction of sp³-hybridized carbons (Fsp3) is 0.538. The predicted molar refractivity (Wildman–Crippen MR) is 126 cm³/mol. The van der Waals surface area contributed by atoms with E-state index in [0.717, 1.165) is 18.9 Å². The molecule has 5 nitrogen and oxygen atoms in total. The van der Waals surface area contributed by atoms with E-state index in [1.807, 2.05) is 0 Å². The topological polar surface area (TPSA) is 62.7 Å². The number of benzene rings is 1. The molecular formula is C26H34F2N2O3. The highest BCUT2D eigenvalue weighted by Gasteiger charge is 2.36. The second kappa shape index (κ2) is 9.01. The van der Waals surface area contributed by atoms with Crippen LogP contribution in [0.25, 0.3) is 11.1 Å². The highest BCUT2D eigenvalue weighted by Crippen LogP contribution is 2.44. The minimum atomic E-state index is -1.31. The number of anilines is 1. The highest BCUT2D eigenvalue weighted by atomic mass is 19.2. The van der Waals surface area contributed by atoms with Gasteiger partial charge in [0.1, 0.15) is 0 Å². The molecule has 180 valence electrons. The summed E-state index contributed by atoms with van der Waals surface area (Å²) in [5.41, 5.74) is 1.84. The van der Waals surface area contributed by atoms with Gasteiger partial charge in [0.2, 0.25) is 0 Å². The van der Waals surface area contributed by atoms with Crippen molar-refractivity contribution in [2.24, 2.45) is 5.41 Å². The maximum atomic E-state index is 15.0. The van der Waals surface area contributed by atoms with E-state index in [1.165, 1.54) is 6.20 Å². The molecule has 1 aliphatic heterocycles. The Morgan fingerprint density at radius 2 is 1.76 bits per heavy atom. The van der Waals surface area contributed by atoms with Crippen LogP contribution >= 0.6 is 0 Å². The number of nitrogens with zero attached hydrogens (tertiary/aromatic N) is 2. The molecule has 0 bridgehead atoms. The van der Waals surface area contributed by atoms with Crippen molar-refractivity contribution in [1.82, 2.24) is 4.98 Å². The smallest absolute Gasteiger partial charge is 0.337 e. The molecule has 33 heavy (non-hydrogen) atoms. The van der Waals surface area contributed by atoms with Crippen LogP contribution in [0.4, 0.5) is 14.5 Å². The van der Waals surface area contributed by atoms with Gasteiger partial charge in [0.25, 0.3) is 0 Å². The van der Waals surface area contributed by atoms with Gasteiger partial charge < -0.3 is 14.7 Å². The lowest BCUT2D eigenvalue weighted by Crippen LogP contribution is -2.39. The lowest BCUT2D eigenvalue weighted by Gasteiger charge is -2.41. The van der Waals surface area contributed by atoms with Crippen LogP contribution in [0.3, 0.4) is 0 Å². The van der Waals surface area contributed by atoms with E-state index in [-0.39, 0.29) is 11.0 Å². The molecule has 3 rings (SSSR count). The molecule has 1 saturated heterocycles. The molecule has 2 aromatic rings. The van der Waals surface area contributed by atoms with E-state index < -0.39 is 29.3 Å². The Morgan fingerprint density at radius 1 is 1.15 bits per heavy atom. The van der Waals surface area contributed by atoms with Gasteiger partial charge in [-0.05, 0) is 70.6 Å². The van der Waals surface area contributed by atoms with Crippen molar-refractivity contribution in [3.63, 3.8) is 0 Å². The minimum Gasteiger partial charge on any atom is -0.479 e. The maximum Gasteiger partial charge on any atom is 0.337 e. The fourth-order valence-electron chi connectivity index (χ4n) is 4.30. The Kier molecular flexibility index (Phi) is 6.85. The summed E-state index contributed by atoms with van der Waals surface area (Å²) >= 11 is 0. The van der Waals surface area contributed by atoms with Crippen LogP contribution in [0.1, 0.15) is 70.4 Å². The van der Waals surface area contributed by atoms with E-state index in [4.69, 9.17) is 4.74 Å². The van der Waals surface area contributed by atoms with Gasteiger partial charge in [0.15, 0.2) is 17.7 Å². The zero-order chi connectivity index (χ0) is 24.7. The van der Waals surface area contributed by atoms with Gasteiger partial charge in [-0.25, -0.2) is 13.6 Å². The van der Waals surface area contributed by atoms with Crippen LogP contribution in [-0.4, -0.2) is 34.8 Å². The average molecular weight is 461 g/mol. The van der Waals surface area contributed by atoms with Crippen LogP contribution in [0.5, 0.6) is 0 Å². The first-order chi connectivity index (χ1) is 15.2. The quantitative estimate of drug-likeness (QED) is 0.575. The van der Waals surface area contributed by atoms with Crippen molar-refractivity contribution >= 4 is 11.7 Å². The van der Waals surface area contributed by atoms with Gasteiger partial charge in [0.05, 0.1) is 11.3 Å². The number of hydrogen-bond donors (Lipinski definition) is 1. The number of halogens is 2. The Morgan fingerprint density at radius 3 is 2.30 bits per heavy atom. The molecular weight excluding hydrogens is 426 g/mol. The summed E-state index contributed by atoms with van der Waals surface area (Å²) in [7, 11) is 0. The summed E-state index contributed by atoms with van der Waals surface area (Å²) in [5.74, 6) is -3.07. The molecule has 0 spiro atoms. The minimum absolute atomic E-state index is 0.0704. The van der Waals surface area contributed by atoms with Gasteiger partial charge in [-0.2, -0.15) is 0 Å². The van der Waals surface area contributed by atoms with E-state index in [0.29, 0.717) is 41.2 Å². The second-order valence-corrected chi connectivity index (χ2v) is 10.7. The first kappa shape index (κ1) is 25.1. The zero-order valence-corrected chi connectivity index (χ0v) is 20.6. The van der Waals surface area contributed by atoms with Crippen LogP contribution in [0.2, 0.25) is 0 Å². The fourth-order valence-corrected chi connectivity index (χ4v) is 4.30. The number of carbonyl (C=O) groups is 1.